The van der Waals surface area contributed by atoms with Crippen LogP contribution in [0.1, 0.15) is 0 Å². The van der Waals surface area contributed by atoms with Gasteiger partial charge in [-0.2, -0.15) is 4.98 Å². The fraction of sp³-hybridized carbons (Fsp3) is 0. The van der Waals surface area contributed by atoms with Crippen LogP contribution in [0, 0.1) is 0 Å². The van der Waals surface area contributed by atoms with Crippen LogP contribution >= 0.6 is 0 Å². The van der Waals surface area contributed by atoms with E-state index in [0.29, 0.717) is 5.65 Å². The molecule has 0 aliphatic carbocycles. The molecule has 0 amide bonds. The summed E-state index contributed by atoms with van der Waals surface area (Å²) in [6, 6.07) is 25.4. The molecule has 0 aliphatic heterocycles. The zero-order chi connectivity index (χ0) is 18.2. The highest BCUT2D eigenvalue weighted by molar-refractivity contribution is 6.01. The van der Waals surface area contributed by atoms with E-state index < -0.39 is 0 Å². The minimum absolute atomic E-state index is 0.258. The fourth-order valence-electron chi connectivity index (χ4n) is 3.46. The first kappa shape index (κ1) is 15.5. The predicted molar refractivity (Wildman–Crippen MR) is 108 cm³/mol. The van der Waals surface area contributed by atoms with E-state index in [1.165, 1.54) is 0 Å². The molecule has 0 aliphatic rings. The van der Waals surface area contributed by atoms with Crippen molar-refractivity contribution in [2.75, 3.05) is 0 Å². The molecule has 5 rings (SSSR count). The summed E-state index contributed by atoms with van der Waals surface area (Å²) in [6.07, 6.45) is 3.79. The van der Waals surface area contributed by atoms with E-state index in [4.69, 9.17) is 0 Å². The molecule has 2 aromatic carbocycles. The van der Waals surface area contributed by atoms with E-state index in [2.05, 4.69) is 22.1 Å². The lowest BCUT2D eigenvalue weighted by Crippen LogP contribution is -2.11. The van der Waals surface area contributed by atoms with Crippen molar-refractivity contribution in [2.24, 2.45) is 0 Å². The monoisotopic (exact) mass is 349 g/mol. The predicted octanol–water partition coefficient (Wildman–Crippen LogP) is 4.58. The smallest absolute Gasteiger partial charge is 0.273 e. The Hall–Kier alpha value is -3.79. The average Bonchev–Trinajstić information content (AvgIpc) is 2.74. The van der Waals surface area contributed by atoms with E-state index in [1.807, 2.05) is 71.3 Å². The van der Waals surface area contributed by atoms with E-state index in [-0.39, 0.29) is 5.56 Å². The van der Waals surface area contributed by atoms with Crippen LogP contribution in [-0.4, -0.2) is 14.4 Å². The molecular formula is C23H15N3O. The number of rotatable bonds is 2. The van der Waals surface area contributed by atoms with Gasteiger partial charge in [-0.25, -0.2) is 0 Å². The Kier molecular flexibility index (Phi) is 3.54. The standard InChI is InChI=1S/C23H15N3O/c27-21-14-20(17-10-5-2-6-11-17)26-15-19(16-8-3-1-4-9-16)22-18(23(26)25-21)12-7-13-24-22/h1-15H. The van der Waals surface area contributed by atoms with Crippen LogP contribution in [0.4, 0.5) is 0 Å². The van der Waals surface area contributed by atoms with Crippen LogP contribution in [0.15, 0.2) is 96.1 Å². The second-order valence-corrected chi connectivity index (χ2v) is 6.35. The molecule has 0 radical (unpaired) electrons. The van der Waals surface area contributed by atoms with Crippen LogP contribution in [0.5, 0.6) is 0 Å². The summed E-state index contributed by atoms with van der Waals surface area (Å²) in [4.78, 5) is 21.2. The largest absolute Gasteiger partial charge is 0.300 e. The number of hydrogen-bond donors (Lipinski definition) is 0. The van der Waals surface area contributed by atoms with Gasteiger partial charge in [0.25, 0.3) is 5.56 Å². The molecule has 0 fully saturated rings. The Morgan fingerprint density at radius 2 is 1.48 bits per heavy atom. The van der Waals surface area contributed by atoms with Gasteiger partial charge in [0.15, 0.2) is 5.65 Å². The minimum atomic E-state index is -0.258. The lowest BCUT2D eigenvalue weighted by Gasteiger charge is -2.14. The zero-order valence-electron chi connectivity index (χ0n) is 14.4. The second-order valence-electron chi connectivity index (χ2n) is 6.35. The molecule has 0 N–H and O–H groups in total. The van der Waals surface area contributed by atoms with Crippen molar-refractivity contribution in [3.63, 3.8) is 0 Å². The van der Waals surface area contributed by atoms with E-state index in [1.54, 1.807) is 12.3 Å². The van der Waals surface area contributed by atoms with Gasteiger partial charge >= 0.3 is 0 Å². The Balaban J connectivity index is 1.97. The van der Waals surface area contributed by atoms with Crippen LogP contribution in [0.25, 0.3) is 38.9 Å². The number of aromatic nitrogens is 3. The first-order chi connectivity index (χ1) is 13.3. The molecule has 0 spiro atoms. The summed E-state index contributed by atoms with van der Waals surface area (Å²) < 4.78 is 1.99. The van der Waals surface area contributed by atoms with Gasteiger partial charge in [-0.05, 0) is 23.3 Å². The Morgan fingerprint density at radius 3 is 2.22 bits per heavy atom. The van der Waals surface area contributed by atoms with Gasteiger partial charge in [-0.15, -0.1) is 0 Å². The summed E-state index contributed by atoms with van der Waals surface area (Å²) in [7, 11) is 0. The van der Waals surface area contributed by atoms with E-state index >= 15 is 0 Å². The highest BCUT2D eigenvalue weighted by Gasteiger charge is 2.14. The minimum Gasteiger partial charge on any atom is -0.300 e. The number of fused-ring (bicyclic) bond motifs is 3. The zero-order valence-corrected chi connectivity index (χ0v) is 14.4. The number of hydrogen-bond acceptors (Lipinski definition) is 3. The van der Waals surface area contributed by atoms with Crippen molar-refractivity contribution in [3.05, 3.63) is 102 Å². The van der Waals surface area contributed by atoms with Gasteiger partial charge < -0.3 is 0 Å². The number of nitrogens with zero attached hydrogens (tertiary/aromatic N) is 3. The topological polar surface area (TPSA) is 47.3 Å². The van der Waals surface area contributed by atoms with Crippen molar-refractivity contribution < 1.29 is 0 Å². The molecule has 3 aromatic heterocycles. The molecule has 128 valence electrons. The Morgan fingerprint density at radius 1 is 0.778 bits per heavy atom. The third kappa shape index (κ3) is 2.59. The summed E-state index contributed by atoms with van der Waals surface area (Å²) in [5, 5.41) is 0.855. The van der Waals surface area contributed by atoms with Crippen molar-refractivity contribution >= 4 is 16.6 Å². The van der Waals surface area contributed by atoms with Gasteiger partial charge in [-0.1, -0.05) is 60.7 Å². The summed E-state index contributed by atoms with van der Waals surface area (Å²) in [5.74, 6) is 0. The van der Waals surface area contributed by atoms with Crippen LogP contribution in [-0.2, 0) is 0 Å². The van der Waals surface area contributed by atoms with Crippen molar-refractivity contribution in [3.8, 4) is 22.4 Å². The molecule has 0 saturated carbocycles. The van der Waals surface area contributed by atoms with Gasteiger partial charge in [0.05, 0.1) is 11.2 Å². The first-order valence-corrected chi connectivity index (χ1v) is 8.73. The fourth-order valence-corrected chi connectivity index (χ4v) is 3.46. The molecule has 0 saturated heterocycles. The average molecular weight is 349 g/mol. The first-order valence-electron chi connectivity index (χ1n) is 8.73. The molecule has 27 heavy (non-hydrogen) atoms. The number of pyridine rings is 2. The van der Waals surface area contributed by atoms with Crippen LogP contribution < -0.4 is 5.56 Å². The third-order valence-electron chi connectivity index (χ3n) is 4.68. The van der Waals surface area contributed by atoms with Crippen molar-refractivity contribution in [2.45, 2.75) is 0 Å². The molecule has 3 heterocycles. The maximum atomic E-state index is 12.3. The highest BCUT2D eigenvalue weighted by atomic mass is 16.1. The maximum Gasteiger partial charge on any atom is 0.273 e. The summed E-state index contributed by atoms with van der Waals surface area (Å²) >= 11 is 0. The van der Waals surface area contributed by atoms with Gasteiger partial charge in [0.2, 0.25) is 0 Å². The van der Waals surface area contributed by atoms with Gasteiger partial charge in [-0.3, -0.25) is 14.2 Å². The quantitative estimate of drug-likeness (QED) is 0.438. The third-order valence-corrected chi connectivity index (χ3v) is 4.68. The van der Waals surface area contributed by atoms with Crippen molar-refractivity contribution in [1.29, 1.82) is 0 Å². The molecule has 5 aromatic rings. The normalized spacial score (nSPS) is 11.1. The molecule has 4 nitrogen and oxygen atoms in total. The van der Waals surface area contributed by atoms with Gasteiger partial charge in [0.1, 0.15) is 0 Å². The highest BCUT2D eigenvalue weighted by Crippen LogP contribution is 2.31. The lowest BCUT2D eigenvalue weighted by molar-refractivity contribution is 1.09. The molecular weight excluding hydrogens is 334 g/mol. The maximum absolute atomic E-state index is 12.3. The summed E-state index contributed by atoms with van der Waals surface area (Å²) in [5.41, 5.74) is 5.04. The molecule has 4 heteroatoms. The van der Waals surface area contributed by atoms with E-state index in [9.17, 15) is 4.79 Å². The lowest BCUT2D eigenvalue weighted by atomic mass is 10.0. The van der Waals surface area contributed by atoms with Gasteiger partial charge in [0, 0.05) is 29.4 Å². The Bertz CT molecular complexity index is 1330. The van der Waals surface area contributed by atoms with Crippen molar-refractivity contribution in [1.82, 2.24) is 14.4 Å². The molecule has 0 bridgehead atoms. The van der Waals surface area contributed by atoms with Crippen LogP contribution in [0.2, 0.25) is 0 Å². The number of benzene rings is 2. The molecule has 0 atom stereocenters. The summed E-state index contributed by atoms with van der Waals surface area (Å²) in [6.45, 7) is 0. The second kappa shape index (κ2) is 6.18. The SMILES string of the molecule is O=c1cc(-c2ccccc2)n2cc(-c3ccccc3)c3ncccc3c2n1. The van der Waals surface area contributed by atoms with E-state index in [0.717, 1.165) is 33.3 Å². The molecule has 0 unspecified atom stereocenters. The Labute approximate surface area is 155 Å². The van der Waals surface area contributed by atoms with Crippen LogP contribution in [0.3, 0.4) is 0 Å².